The molecule has 0 radical (unpaired) electrons. The Labute approximate surface area is 259 Å². The van der Waals surface area contributed by atoms with Gasteiger partial charge in [0.05, 0.1) is 16.3 Å². The molecule has 0 aliphatic carbocycles. The lowest BCUT2D eigenvalue weighted by Gasteiger charge is -2.28. The van der Waals surface area contributed by atoms with Crippen LogP contribution < -0.4 is 15.4 Å². The number of rotatable bonds is 13. The Balaban J connectivity index is 1.32. The first-order valence-corrected chi connectivity index (χ1v) is 15.9. The highest BCUT2D eigenvalue weighted by molar-refractivity contribution is 8.19. The van der Waals surface area contributed by atoms with Gasteiger partial charge in [0.1, 0.15) is 24.0 Å². The summed E-state index contributed by atoms with van der Waals surface area (Å²) in [7, 11) is 3.72. The molecule has 0 fully saturated rings. The third-order valence-corrected chi connectivity index (χ3v) is 9.18. The van der Waals surface area contributed by atoms with E-state index >= 15 is 0 Å². The van der Waals surface area contributed by atoms with E-state index in [0.717, 1.165) is 34.1 Å². The Bertz CT molecular complexity index is 1590. The van der Waals surface area contributed by atoms with Crippen LogP contribution in [0.3, 0.4) is 0 Å². The average Bonchev–Trinajstić information content (AvgIpc) is 3.42. The van der Waals surface area contributed by atoms with E-state index in [1.807, 2.05) is 49.6 Å². The van der Waals surface area contributed by atoms with E-state index in [1.54, 1.807) is 24.3 Å². The topological polar surface area (TPSA) is 69.2 Å². The zero-order valence-corrected chi connectivity index (χ0v) is 25.8. The number of anilines is 1. The van der Waals surface area contributed by atoms with E-state index < -0.39 is 0 Å². The molecule has 2 N–H and O–H groups in total. The van der Waals surface area contributed by atoms with Crippen LogP contribution >= 0.6 is 22.1 Å². The minimum absolute atomic E-state index is 0.0626. The molecule has 3 aromatic rings. The van der Waals surface area contributed by atoms with Gasteiger partial charge >= 0.3 is 0 Å². The van der Waals surface area contributed by atoms with Crippen LogP contribution in [-0.2, 0) is 17.9 Å². The molecule has 1 amide bonds. The highest BCUT2D eigenvalue weighted by atomic mass is 35.5. The Hall–Kier alpha value is -3.92. The molecule has 2 aliphatic heterocycles. The lowest BCUT2D eigenvalue weighted by atomic mass is 10.1. The highest BCUT2D eigenvalue weighted by Gasteiger charge is 2.26. The first kappa shape index (κ1) is 30.5. The van der Waals surface area contributed by atoms with Crippen LogP contribution in [0.2, 0.25) is 5.02 Å². The molecule has 10 heteroatoms. The van der Waals surface area contributed by atoms with Gasteiger partial charge in [0.15, 0.2) is 0 Å². The van der Waals surface area contributed by atoms with Crippen molar-refractivity contribution in [2.24, 2.45) is 4.99 Å². The second-order valence-electron chi connectivity index (χ2n) is 10.5. The molecule has 3 aromatic carbocycles. The standard InChI is InChI=1S/C33H35ClFN5O2S/c1-39(2)16-15-36-31(41)14-18-43-17-13-28-32(37-23-40(33(28)43)21-24-7-4-3-5-8-24)38-27-11-12-30(29(34)20-27)42-22-25-9-6-10-26(35)19-25/h3-13,17,19-20,23,38H,14-16,18,21-22H2,1-2H3,(H,36,41). The maximum absolute atomic E-state index is 13.5. The first-order valence-electron chi connectivity index (χ1n) is 14.1. The molecule has 0 spiro atoms. The fraction of sp³-hybridized carbons (Fsp3) is 0.242. The number of carbonyl (C=O) groups is 1. The summed E-state index contributed by atoms with van der Waals surface area (Å²) in [5.41, 5.74) is 3.66. The second kappa shape index (κ2) is 14.5. The molecule has 43 heavy (non-hydrogen) atoms. The lowest BCUT2D eigenvalue weighted by molar-refractivity contribution is -0.120. The van der Waals surface area contributed by atoms with Gasteiger partial charge in [-0.2, -0.15) is 0 Å². The molecule has 0 bridgehead atoms. The van der Waals surface area contributed by atoms with Gasteiger partial charge in [-0.1, -0.05) is 54.1 Å². The molecule has 5 rings (SSSR count). The predicted octanol–water partition coefficient (Wildman–Crippen LogP) is 6.22. The smallest absolute Gasteiger partial charge is 0.220 e. The number of likely N-dealkylation sites (N-methyl/N-ethyl adjacent to an activating group) is 1. The molecule has 224 valence electrons. The second-order valence-corrected chi connectivity index (χ2v) is 12.8. The van der Waals surface area contributed by atoms with E-state index in [4.69, 9.17) is 21.3 Å². The van der Waals surface area contributed by atoms with Crippen LogP contribution in [0.5, 0.6) is 5.75 Å². The largest absolute Gasteiger partial charge is 0.487 e. The van der Waals surface area contributed by atoms with Crippen LogP contribution in [0.1, 0.15) is 17.5 Å². The maximum Gasteiger partial charge on any atom is 0.220 e. The van der Waals surface area contributed by atoms with Crippen molar-refractivity contribution in [2.45, 2.75) is 19.6 Å². The van der Waals surface area contributed by atoms with Gasteiger partial charge < -0.3 is 25.2 Å². The number of amides is 1. The Kier molecular flexibility index (Phi) is 10.3. The Morgan fingerprint density at radius 3 is 2.65 bits per heavy atom. The number of hydrogen-bond donors (Lipinski definition) is 2. The van der Waals surface area contributed by atoms with Crippen LogP contribution in [0.15, 0.2) is 101 Å². The van der Waals surface area contributed by atoms with Crippen LogP contribution in [0.4, 0.5) is 10.1 Å². The van der Waals surface area contributed by atoms with Gasteiger partial charge in [0.2, 0.25) is 5.91 Å². The van der Waals surface area contributed by atoms with Crippen molar-refractivity contribution in [2.75, 3.05) is 38.3 Å². The number of carbonyl (C=O) groups excluding carboxylic acids is 1. The summed E-state index contributed by atoms with van der Waals surface area (Å²) >= 11 is 6.56. The predicted molar refractivity (Wildman–Crippen MR) is 176 cm³/mol. The Morgan fingerprint density at radius 1 is 1.07 bits per heavy atom. The molecule has 1 atom stereocenters. The van der Waals surface area contributed by atoms with Crippen LogP contribution in [-0.4, -0.2) is 60.0 Å². The molecule has 0 saturated carbocycles. The zero-order valence-electron chi connectivity index (χ0n) is 24.2. The Morgan fingerprint density at radius 2 is 1.88 bits per heavy atom. The monoisotopic (exact) mass is 619 g/mol. The molecule has 0 saturated heterocycles. The van der Waals surface area contributed by atoms with Crippen molar-refractivity contribution >= 4 is 45.0 Å². The van der Waals surface area contributed by atoms with Crippen molar-refractivity contribution in [3.8, 4) is 5.75 Å². The minimum Gasteiger partial charge on any atom is -0.487 e. The number of fused-ring (bicyclic) bond motifs is 1. The molecule has 7 nitrogen and oxygen atoms in total. The molecule has 2 heterocycles. The molecule has 0 aromatic heterocycles. The number of aliphatic imine (C=N–C) groups is 1. The minimum atomic E-state index is -0.306. The third-order valence-electron chi connectivity index (χ3n) is 6.82. The quantitative estimate of drug-likeness (QED) is 0.222. The summed E-state index contributed by atoms with van der Waals surface area (Å²) < 4.78 is 19.3. The maximum atomic E-state index is 13.5. The fourth-order valence-electron chi connectivity index (χ4n) is 4.65. The molecule has 1 unspecified atom stereocenters. The van der Waals surface area contributed by atoms with Gasteiger partial charge in [0.25, 0.3) is 0 Å². The van der Waals surface area contributed by atoms with E-state index in [1.165, 1.54) is 17.7 Å². The van der Waals surface area contributed by atoms with Crippen molar-refractivity contribution in [1.29, 1.82) is 0 Å². The summed E-state index contributed by atoms with van der Waals surface area (Å²) in [5.74, 6) is 1.70. The van der Waals surface area contributed by atoms with E-state index in [0.29, 0.717) is 36.1 Å². The van der Waals surface area contributed by atoms with E-state index in [9.17, 15) is 9.18 Å². The summed E-state index contributed by atoms with van der Waals surface area (Å²) in [6, 6.07) is 22.0. The number of hydrogen-bond acceptors (Lipinski definition) is 6. The number of nitrogens with one attached hydrogen (secondary N) is 2. The lowest BCUT2D eigenvalue weighted by Crippen LogP contribution is -2.34. The van der Waals surface area contributed by atoms with Crippen molar-refractivity contribution in [1.82, 2.24) is 15.1 Å². The SMILES string of the molecule is CN(C)CCNC(=O)CCS1=C2C(=C(Nc3ccc(OCc4cccc(F)c4)c(Cl)c3)N=CN2Cc2ccccc2)C=C1. The van der Waals surface area contributed by atoms with Crippen molar-refractivity contribution in [3.05, 3.63) is 118 Å². The van der Waals surface area contributed by atoms with Gasteiger partial charge in [0, 0.05) is 43.1 Å². The van der Waals surface area contributed by atoms with Gasteiger partial charge in [-0.25, -0.2) is 9.38 Å². The average molecular weight is 620 g/mol. The van der Waals surface area contributed by atoms with Crippen molar-refractivity contribution < 1.29 is 13.9 Å². The van der Waals surface area contributed by atoms with Gasteiger partial charge in [-0.3, -0.25) is 4.79 Å². The van der Waals surface area contributed by atoms with E-state index in [-0.39, 0.29) is 28.8 Å². The van der Waals surface area contributed by atoms with Gasteiger partial charge in [-0.15, -0.1) is 10.5 Å². The number of benzene rings is 3. The summed E-state index contributed by atoms with van der Waals surface area (Å²) in [4.78, 5) is 22.7. The first-order chi connectivity index (χ1) is 20.9. The number of halogens is 2. The van der Waals surface area contributed by atoms with Crippen LogP contribution in [0, 0.1) is 5.82 Å². The summed E-state index contributed by atoms with van der Waals surface area (Å²) in [6.45, 7) is 2.33. The molecular weight excluding hydrogens is 585 g/mol. The molecular formula is C33H35ClFN5O2S. The summed E-state index contributed by atoms with van der Waals surface area (Å²) in [5, 5.41) is 9.06. The number of ether oxygens (including phenoxy) is 1. The number of nitrogens with zero attached hydrogens (tertiary/aromatic N) is 3. The van der Waals surface area contributed by atoms with Gasteiger partial charge in [-0.05, 0) is 67.0 Å². The third kappa shape index (κ3) is 8.34. The summed E-state index contributed by atoms with van der Waals surface area (Å²) in [6.07, 6.45) is 4.40. The fourth-order valence-corrected chi connectivity index (χ4v) is 6.91. The van der Waals surface area contributed by atoms with Crippen molar-refractivity contribution in [3.63, 3.8) is 0 Å². The van der Waals surface area contributed by atoms with E-state index in [2.05, 4.69) is 39.2 Å². The highest BCUT2D eigenvalue weighted by Crippen LogP contribution is 2.36. The normalized spacial score (nSPS) is 15.7. The van der Waals surface area contributed by atoms with Crippen LogP contribution in [0.25, 0.3) is 0 Å². The zero-order chi connectivity index (χ0) is 30.2. The molecule has 2 aliphatic rings.